The Kier molecular flexibility index (Phi) is 10.1. The quantitative estimate of drug-likeness (QED) is 0.182. The fraction of sp³-hybridized carbons (Fsp3) is 0.174. The molecule has 0 radical (unpaired) electrons. The van der Waals surface area contributed by atoms with Gasteiger partial charge in [-0.25, -0.2) is 0 Å². The first-order valence-electron chi connectivity index (χ1n) is 10.1. The zero-order valence-corrected chi connectivity index (χ0v) is 20.5. The first-order valence-corrected chi connectivity index (χ1v) is 11.6. The molecule has 0 atom stereocenters. The standard InChI is InChI=1S/C23H13ClF9NO.HNO2S/c24-16-8-9-18(22(28,29)30)17(11-16)20(13-4-2-1-3-5-13)34-35-12-14-6-7-15(21(25,26)27)10-19(14)23(31,32)33;1-4(2)3/h1-11H,12H2;1H/b34-20+;. The van der Waals surface area contributed by atoms with Gasteiger partial charge in [0.05, 0.1) is 16.7 Å². The molecule has 0 spiro atoms. The van der Waals surface area contributed by atoms with Gasteiger partial charge in [0, 0.05) is 21.7 Å². The van der Waals surface area contributed by atoms with Gasteiger partial charge in [0.1, 0.15) is 12.3 Å². The molecule has 3 aromatic rings. The molecule has 0 aliphatic carbocycles. The number of nitrogens with zero attached hydrogens (tertiary/aromatic N) is 1. The molecule has 0 unspecified atom stereocenters. The van der Waals surface area contributed by atoms with Crippen molar-refractivity contribution in [1.82, 2.24) is 0 Å². The molecule has 0 bridgehead atoms. The fourth-order valence-electron chi connectivity index (χ4n) is 3.12. The number of alkyl halides is 9. The molecular formula is C23H14ClF9N2O3S. The number of hydrogen-bond donors (Lipinski definition) is 1. The Morgan fingerprint density at radius 1 is 0.795 bits per heavy atom. The van der Waals surface area contributed by atoms with E-state index in [1.165, 1.54) is 24.3 Å². The van der Waals surface area contributed by atoms with Crippen LogP contribution in [0.3, 0.4) is 0 Å². The van der Waals surface area contributed by atoms with Gasteiger partial charge in [-0.05, 0) is 30.3 Å². The second-order valence-electron chi connectivity index (χ2n) is 7.37. The third kappa shape index (κ3) is 9.28. The van der Waals surface area contributed by atoms with Gasteiger partial charge in [-0.3, -0.25) is 0 Å². The van der Waals surface area contributed by atoms with Crippen molar-refractivity contribution >= 4 is 27.8 Å². The second-order valence-corrected chi connectivity index (χ2v) is 8.28. The minimum Gasteiger partial charge on any atom is -0.390 e. The minimum atomic E-state index is -5.15. The second kappa shape index (κ2) is 12.5. The third-order valence-electron chi connectivity index (χ3n) is 4.71. The van der Waals surface area contributed by atoms with Crippen LogP contribution in [0.1, 0.15) is 33.4 Å². The zero-order chi connectivity index (χ0) is 29.6. The summed E-state index contributed by atoms with van der Waals surface area (Å²) in [6, 6.07) is 11.0. The Labute approximate surface area is 221 Å². The van der Waals surface area contributed by atoms with E-state index in [0.29, 0.717) is 18.2 Å². The van der Waals surface area contributed by atoms with Gasteiger partial charge in [0.25, 0.3) is 0 Å². The van der Waals surface area contributed by atoms with E-state index in [1.807, 2.05) is 0 Å². The average molecular weight is 605 g/mol. The first-order chi connectivity index (χ1) is 17.9. The molecule has 210 valence electrons. The van der Waals surface area contributed by atoms with Crippen molar-refractivity contribution in [3.63, 3.8) is 0 Å². The van der Waals surface area contributed by atoms with Crippen molar-refractivity contribution in [1.29, 1.82) is 4.78 Å². The number of benzene rings is 3. The molecule has 3 aromatic carbocycles. The monoisotopic (exact) mass is 604 g/mol. The summed E-state index contributed by atoms with van der Waals surface area (Å²) in [6.45, 7) is -0.967. The van der Waals surface area contributed by atoms with Crippen molar-refractivity contribution in [2.24, 2.45) is 5.16 Å². The first kappa shape index (κ1) is 31.6. The predicted molar refractivity (Wildman–Crippen MR) is 121 cm³/mol. The zero-order valence-electron chi connectivity index (χ0n) is 18.9. The van der Waals surface area contributed by atoms with E-state index >= 15 is 0 Å². The summed E-state index contributed by atoms with van der Waals surface area (Å²) in [5.74, 6) is 0. The van der Waals surface area contributed by atoms with Crippen LogP contribution in [0.25, 0.3) is 0 Å². The summed E-state index contributed by atoms with van der Waals surface area (Å²) < 4.78 is 142. The summed E-state index contributed by atoms with van der Waals surface area (Å²) in [5, 5.41) is 3.57. The largest absolute Gasteiger partial charge is 0.417 e. The van der Waals surface area contributed by atoms with Crippen LogP contribution in [0.5, 0.6) is 0 Å². The summed E-state index contributed by atoms with van der Waals surface area (Å²) >= 11 is 5.87. The highest BCUT2D eigenvalue weighted by Crippen LogP contribution is 2.38. The molecule has 1 N–H and O–H groups in total. The lowest BCUT2D eigenvalue weighted by molar-refractivity contribution is -0.144. The Morgan fingerprint density at radius 2 is 1.36 bits per heavy atom. The lowest BCUT2D eigenvalue weighted by Gasteiger charge is -2.17. The molecule has 0 saturated carbocycles. The Balaban J connectivity index is 0.00000124. The molecule has 3 rings (SSSR count). The van der Waals surface area contributed by atoms with Crippen LogP contribution in [-0.4, -0.2) is 14.1 Å². The Hall–Kier alpha value is -3.59. The van der Waals surface area contributed by atoms with Gasteiger partial charge >= 0.3 is 29.0 Å². The maximum atomic E-state index is 13.6. The molecule has 39 heavy (non-hydrogen) atoms. The van der Waals surface area contributed by atoms with Crippen LogP contribution in [0.4, 0.5) is 39.5 Å². The highest BCUT2D eigenvalue weighted by Gasteiger charge is 2.38. The number of halogens is 10. The molecule has 0 heterocycles. The van der Waals surface area contributed by atoms with Crippen molar-refractivity contribution in [2.45, 2.75) is 25.1 Å². The molecule has 0 aliphatic rings. The van der Waals surface area contributed by atoms with Gasteiger partial charge in [0.2, 0.25) is 0 Å². The van der Waals surface area contributed by atoms with Crippen LogP contribution < -0.4 is 0 Å². The summed E-state index contributed by atoms with van der Waals surface area (Å²) in [5.41, 5.74) is -5.70. The van der Waals surface area contributed by atoms with Crippen molar-refractivity contribution in [2.75, 3.05) is 0 Å². The molecule has 0 amide bonds. The lowest BCUT2D eigenvalue weighted by atomic mass is 9.97. The maximum absolute atomic E-state index is 13.6. The van der Waals surface area contributed by atoms with Gasteiger partial charge in [-0.15, -0.1) is 0 Å². The van der Waals surface area contributed by atoms with E-state index in [2.05, 4.69) is 5.16 Å². The SMILES string of the molecule is FC(F)(F)c1ccc(CO/N=C(\c2ccccc2)c2cc(Cl)ccc2C(F)(F)F)c(C(F)(F)F)c1.N=S(=O)=O. The van der Waals surface area contributed by atoms with Crippen molar-refractivity contribution < 1.29 is 52.8 Å². The van der Waals surface area contributed by atoms with Crippen molar-refractivity contribution in [3.8, 4) is 0 Å². The number of oxime groups is 1. The van der Waals surface area contributed by atoms with E-state index < -0.39 is 63.5 Å². The highest BCUT2D eigenvalue weighted by atomic mass is 35.5. The highest BCUT2D eigenvalue weighted by molar-refractivity contribution is 7.60. The molecule has 0 aromatic heterocycles. The lowest BCUT2D eigenvalue weighted by Crippen LogP contribution is -2.16. The third-order valence-corrected chi connectivity index (χ3v) is 4.94. The molecular weight excluding hydrogens is 591 g/mol. The summed E-state index contributed by atoms with van der Waals surface area (Å²) in [4.78, 5) is 4.96. The van der Waals surface area contributed by atoms with Crippen LogP contribution in [0.15, 0.2) is 71.9 Å². The fourth-order valence-corrected chi connectivity index (χ4v) is 3.29. The van der Waals surface area contributed by atoms with Crippen LogP contribution >= 0.6 is 11.6 Å². The molecule has 0 aliphatic heterocycles. The smallest absolute Gasteiger partial charge is 0.390 e. The predicted octanol–water partition coefficient (Wildman–Crippen LogP) is 7.99. The van der Waals surface area contributed by atoms with E-state index in [4.69, 9.17) is 29.6 Å². The minimum absolute atomic E-state index is 0.0702. The maximum Gasteiger partial charge on any atom is 0.417 e. The van der Waals surface area contributed by atoms with E-state index in [1.54, 1.807) is 6.07 Å². The molecule has 0 fully saturated rings. The topological polar surface area (TPSA) is 79.6 Å². The average Bonchev–Trinajstić information content (AvgIpc) is 2.80. The Bertz CT molecular complexity index is 1430. The van der Waals surface area contributed by atoms with Crippen LogP contribution in [0.2, 0.25) is 5.02 Å². The van der Waals surface area contributed by atoms with E-state index in [0.717, 1.165) is 12.1 Å². The van der Waals surface area contributed by atoms with Crippen molar-refractivity contribution in [3.05, 3.63) is 105 Å². The van der Waals surface area contributed by atoms with Crippen LogP contribution in [-0.2, 0) is 40.5 Å². The van der Waals surface area contributed by atoms with Gasteiger partial charge < -0.3 is 4.84 Å². The Morgan fingerprint density at radius 3 is 1.87 bits per heavy atom. The van der Waals surface area contributed by atoms with E-state index in [-0.39, 0.29) is 22.4 Å². The van der Waals surface area contributed by atoms with Crippen LogP contribution in [0, 0.1) is 4.78 Å². The molecule has 16 heteroatoms. The van der Waals surface area contributed by atoms with Gasteiger partial charge in [-0.1, -0.05) is 53.2 Å². The normalized spacial score (nSPS) is 12.4. The van der Waals surface area contributed by atoms with E-state index in [9.17, 15) is 39.5 Å². The molecule has 5 nitrogen and oxygen atoms in total. The number of nitrogens with one attached hydrogen (secondary N) is 1. The summed E-state index contributed by atoms with van der Waals surface area (Å²) in [7, 11) is -2.61. The summed E-state index contributed by atoms with van der Waals surface area (Å²) in [6.07, 6.45) is -15.0. The van der Waals surface area contributed by atoms with Gasteiger partial charge in [0.15, 0.2) is 0 Å². The van der Waals surface area contributed by atoms with Gasteiger partial charge in [-0.2, -0.15) is 52.7 Å². The molecule has 0 saturated heterocycles. The number of rotatable bonds is 5. The number of hydrogen-bond acceptors (Lipinski definition) is 5.